The average molecular weight is 396 g/mol. The number of nitrogens with one attached hydrogen (secondary N) is 2. The molecule has 2 rings (SSSR count). The normalized spacial score (nSPS) is 19.1. The number of alkyl halides is 3. The summed E-state index contributed by atoms with van der Waals surface area (Å²) in [6, 6.07) is -0.276. The van der Waals surface area contributed by atoms with Crippen molar-refractivity contribution in [2.75, 3.05) is 19.0 Å². The fourth-order valence-corrected chi connectivity index (χ4v) is 2.07. The molecule has 2 heterocycles. The maximum absolute atomic E-state index is 12.0. The molecular weight excluding hydrogens is 377 g/mol. The molecule has 152 valence electrons. The molecule has 13 heteroatoms. The van der Waals surface area contributed by atoms with Gasteiger partial charge in [-0.3, -0.25) is 14.3 Å². The van der Waals surface area contributed by atoms with Crippen molar-refractivity contribution in [2.24, 2.45) is 0 Å². The Balaban J connectivity index is 0.000000445. The van der Waals surface area contributed by atoms with Gasteiger partial charge in [-0.15, -0.1) is 0 Å². The van der Waals surface area contributed by atoms with Crippen LogP contribution in [0.4, 0.5) is 18.9 Å². The maximum Gasteiger partial charge on any atom is 0.490 e. The van der Waals surface area contributed by atoms with Gasteiger partial charge in [0.1, 0.15) is 0 Å². The van der Waals surface area contributed by atoms with Crippen molar-refractivity contribution >= 4 is 23.5 Å². The molecule has 2 atom stereocenters. The number of nitrogens with zero attached hydrogens (tertiary/aromatic N) is 2. The number of methoxy groups -OCH3 is 1. The first-order valence-electron chi connectivity index (χ1n) is 7.64. The fraction of sp³-hybridized carbons (Fsp3) is 0.571. The van der Waals surface area contributed by atoms with Crippen molar-refractivity contribution in [1.29, 1.82) is 0 Å². The highest BCUT2D eigenvalue weighted by atomic mass is 19.4. The zero-order chi connectivity index (χ0) is 20.6. The van der Waals surface area contributed by atoms with Gasteiger partial charge in [0.25, 0.3) is 0 Å². The van der Waals surface area contributed by atoms with E-state index in [1.165, 1.54) is 10.9 Å². The fourth-order valence-electron chi connectivity index (χ4n) is 2.07. The highest BCUT2D eigenvalue weighted by Crippen LogP contribution is 2.13. The SMILES string of the molecule is CO[C@H]1CN[C@H](C(=O)Nc2cnn(CCC(=O)O)c2)C1.O=C(O)C(F)(F)F. The molecule has 0 saturated carbocycles. The Labute approximate surface area is 151 Å². The monoisotopic (exact) mass is 396 g/mol. The van der Waals surface area contributed by atoms with E-state index in [0.29, 0.717) is 18.7 Å². The zero-order valence-electron chi connectivity index (χ0n) is 14.2. The predicted octanol–water partition coefficient (Wildman–Crippen LogP) is 0.306. The molecule has 0 aromatic carbocycles. The van der Waals surface area contributed by atoms with Crippen LogP contribution in [0.25, 0.3) is 0 Å². The van der Waals surface area contributed by atoms with E-state index in [0.717, 1.165) is 0 Å². The number of hydrogen-bond acceptors (Lipinski definition) is 6. The Morgan fingerprint density at radius 2 is 2.04 bits per heavy atom. The van der Waals surface area contributed by atoms with Crippen LogP contribution >= 0.6 is 0 Å². The summed E-state index contributed by atoms with van der Waals surface area (Å²) in [5.41, 5.74) is 0.558. The molecule has 4 N–H and O–H groups in total. The number of anilines is 1. The highest BCUT2D eigenvalue weighted by molar-refractivity contribution is 5.94. The topological polar surface area (TPSA) is 143 Å². The van der Waals surface area contributed by atoms with E-state index in [-0.39, 0.29) is 31.0 Å². The smallest absolute Gasteiger partial charge is 0.481 e. The number of halogens is 3. The minimum Gasteiger partial charge on any atom is -0.481 e. The second kappa shape index (κ2) is 9.87. The second-order valence-corrected chi connectivity index (χ2v) is 5.48. The molecule has 1 amide bonds. The van der Waals surface area contributed by atoms with Gasteiger partial charge in [0, 0.05) is 19.9 Å². The van der Waals surface area contributed by atoms with Crippen LogP contribution in [0, 0.1) is 0 Å². The Morgan fingerprint density at radius 3 is 2.52 bits per heavy atom. The van der Waals surface area contributed by atoms with E-state index in [9.17, 15) is 22.8 Å². The first kappa shape index (κ1) is 22.4. The number of rotatable bonds is 6. The Morgan fingerprint density at radius 1 is 1.41 bits per heavy atom. The standard InChI is InChI=1S/C12H18N4O4.C2HF3O2/c1-20-9-4-10(13-6-9)12(19)15-8-5-14-16(7-8)3-2-11(17)18;3-2(4,5)1(6)7/h5,7,9-10,13H,2-4,6H2,1H3,(H,15,19)(H,17,18);(H,6,7)/t9-,10+;/m1./s1. The molecule has 0 spiro atoms. The summed E-state index contributed by atoms with van der Waals surface area (Å²) in [6.45, 7) is 0.936. The van der Waals surface area contributed by atoms with Crippen molar-refractivity contribution < 1.29 is 42.5 Å². The molecule has 1 aromatic heterocycles. The van der Waals surface area contributed by atoms with Crippen LogP contribution in [-0.4, -0.2) is 69.8 Å². The third kappa shape index (κ3) is 8.04. The van der Waals surface area contributed by atoms with Crippen molar-refractivity contribution in [1.82, 2.24) is 15.1 Å². The van der Waals surface area contributed by atoms with Crippen molar-refractivity contribution in [3.05, 3.63) is 12.4 Å². The Bertz CT molecular complexity index is 664. The molecule has 10 nitrogen and oxygen atoms in total. The quantitative estimate of drug-likeness (QED) is 0.538. The van der Waals surface area contributed by atoms with Gasteiger partial charge < -0.3 is 25.6 Å². The number of aliphatic carboxylic acids is 2. The number of aryl methyl sites for hydroxylation is 1. The van der Waals surface area contributed by atoms with Gasteiger partial charge in [0.2, 0.25) is 5.91 Å². The molecule has 1 fully saturated rings. The van der Waals surface area contributed by atoms with Gasteiger partial charge in [-0.2, -0.15) is 18.3 Å². The number of aromatic nitrogens is 2. The third-order valence-electron chi connectivity index (χ3n) is 3.44. The lowest BCUT2D eigenvalue weighted by Crippen LogP contribution is -2.35. The van der Waals surface area contributed by atoms with Crippen LogP contribution in [-0.2, 0) is 25.7 Å². The first-order valence-corrected chi connectivity index (χ1v) is 7.64. The molecule has 0 aliphatic carbocycles. The first-order chi connectivity index (χ1) is 12.5. The van der Waals surface area contributed by atoms with E-state index in [1.807, 2.05) is 0 Å². The number of carboxylic acid groups (broad SMARTS) is 2. The number of carbonyl (C=O) groups excluding carboxylic acids is 1. The summed E-state index contributed by atoms with van der Waals surface area (Å²) in [4.78, 5) is 31.3. The van der Waals surface area contributed by atoms with Crippen molar-refractivity contribution in [3.8, 4) is 0 Å². The minimum absolute atomic E-state index is 0.00519. The predicted molar refractivity (Wildman–Crippen MR) is 84.0 cm³/mol. The second-order valence-electron chi connectivity index (χ2n) is 5.48. The minimum atomic E-state index is -5.08. The summed E-state index contributed by atoms with van der Waals surface area (Å²) in [6.07, 6.45) is -1.28. The number of hydrogen-bond donors (Lipinski definition) is 4. The van der Waals surface area contributed by atoms with Crippen molar-refractivity contribution in [2.45, 2.75) is 37.7 Å². The Kier molecular flexibility index (Phi) is 8.18. The lowest BCUT2D eigenvalue weighted by molar-refractivity contribution is -0.192. The largest absolute Gasteiger partial charge is 0.490 e. The highest BCUT2D eigenvalue weighted by Gasteiger charge is 2.38. The van der Waals surface area contributed by atoms with Gasteiger partial charge in [-0.25, -0.2) is 4.79 Å². The van der Waals surface area contributed by atoms with Gasteiger partial charge in [-0.05, 0) is 6.42 Å². The lowest BCUT2D eigenvalue weighted by atomic mass is 10.2. The van der Waals surface area contributed by atoms with Crippen LogP contribution < -0.4 is 10.6 Å². The zero-order valence-corrected chi connectivity index (χ0v) is 14.2. The van der Waals surface area contributed by atoms with Crippen LogP contribution in [0.1, 0.15) is 12.8 Å². The molecule has 1 aliphatic heterocycles. The van der Waals surface area contributed by atoms with Crippen LogP contribution in [0.5, 0.6) is 0 Å². The molecule has 0 radical (unpaired) electrons. The number of carboxylic acids is 2. The molecular formula is C14H19F3N4O6. The van der Waals surface area contributed by atoms with E-state index < -0.39 is 18.1 Å². The molecule has 1 aliphatic rings. The van der Waals surface area contributed by atoms with Gasteiger partial charge in [0.05, 0.1) is 37.0 Å². The van der Waals surface area contributed by atoms with Crippen LogP contribution in [0.3, 0.4) is 0 Å². The lowest BCUT2D eigenvalue weighted by Gasteiger charge is -2.09. The van der Waals surface area contributed by atoms with E-state index >= 15 is 0 Å². The number of carbonyl (C=O) groups is 3. The summed E-state index contributed by atoms with van der Waals surface area (Å²) in [7, 11) is 1.62. The molecule has 1 aromatic rings. The number of ether oxygens (including phenoxy) is 1. The summed E-state index contributed by atoms with van der Waals surface area (Å²) < 4.78 is 38.4. The maximum atomic E-state index is 12.0. The summed E-state index contributed by atoms with van der Waals surface area (Å²) in [5, 5.41) is 25.5. The third-order valence-corrected chi connectivity index (χ3v) is 3.44. The van der Waals surface area contributed by atoms with E-state index in [2.05, 4.69) is 15.7 Å². The van der Waals surface area contributed by atoms with Crippen molar-refractivity contribution in [3.63, 3.8) is 0 Å². The summed E-state index contributed by atoms with van der Waals surface area (Å²) >= 11 is 0. The van der Waals surface area contributed by atoms with Gasteiger partial charge >= 0.3 is 18.1 Å². The molecule has 0 unspecified atom stereocenters. The summed E-state index contributed by atoms with van der Waals surface area (Å²) in [5.74, 6) is -3.78. The molecule has 1 saturated heterocycles. The van der Waals surface area contributed by atoms with E-state index in [4.69, 9.17) is 19.7 Å². The van der Waals surface area contributed by atoms with Gasteiger partial charge in [-0.1, -0.05) is 0 Å². The molecule has 0 bridgehead atoms. The molecule has 27 heavy (non-hydrogen) atoms. The number of amides is 1. The van der Waals surface area contributed by atoms with Crippen LogP contribution in [0.2, 0.25) is 0 Å². The van der Waals surface area contributed by atoms with Gasteiger partial charge in [0.15, 0.2) is 0 Å². The average Bonchev–Trinajstić information content (AvgIpc) is 3.21. The Hall–Kier alpha value is -2.67. The van der Waals surface area contributed by atoms with E-state index in [1.54, 1.807) is 13.3 Å². The van der Waals surface area contributed by atoms with Crippen LogP contribution in [0.15, 0.2) is 12.4 Å².